The van der Waals surface area contributed by atoms with Crippen LogP contribution in [0.1, 0.15) is 49.8 Å². The van der Waals surface area contributed by atoms with E-state index < -0.39 is 0 Å². The van der Waals surface area contributed by atoms with Gasteiger partial charge in [-0.1, -0.05) is 18.2 Å². The second-order valence-electron chi connectivity index (χ2n) is 10.2. The van der Waals surface area contributed by atoms with Crippen LogP contribution in [0.25, 0.3) is 5.65 Å². The summed E-state index contributed by atoms with van der Waals surface area (Å²) in [5, 5.41) is 7.53. The minimum absolute atomic E-state index is 0.0366. The summed E-state index contributed by atoms with van der Waals surface area (Å²) in [6.45, 7) is 2.51. The topological polar surface area (TPSA) is 58.4 Å². The van der Waals surface area contributed by atoms with Gasteiger partial charge in [0, 0.05) is 17.8 Å². The van der Waals surface area contributed by atoms with Crippen molar-refractivity contribution in [3.05, 3.63) is 70.3 Å². The van der Waals surface area contributed by atoms with E-state index in [2.05, 4.69) is 39.9 Å². The van der Waals surface area contributed by atoms with Crippen LogP contribution in [0.15, 0.2) is 53.5 Å². The average molecular weight is 415 g/mol. The van der Waals surface area contributed by atoms with Gasteiger partial charge in [-0.05, 0) is 87.0 Å². The van der Waals surface area contributed by atoms with Gasteiger partial charge in [0.15, 0.2) is 0 Å². The van der Waals surface area contributed by atoms with E-state index in [1.54, 1.807) is 10.5 Å². The van der Waals surface area contributed by atoms with Crippen LogP contribution in [0.3, 0.4) is 0 Å². The maximum Gasteiger partial charge on any atom is 0.258 e. The van der Waals surface area contributed by atoms with Gasteiger partial charge < -0.3 is 10.6 Å². The van der Waals surface area contributed by atoms with Crippen LogP contribution in [0.2, 0.25) is 0 Å². The number of fused-ring (bicyclic) bond motifs is 1. The average Bonchev–Trinajstić information content (AvgIpc) is 2.72. The number of nitrogens with one attached hydrogen (secondary N) is 2. The lowest BCUT2D eigenvalue weighted by atomic mass is 9.53. The zero-order valence-corrected chi connectivity index (χ0v) is 18.1. The van der Waals surface area contributed by atoms with E-state index >= 15 is 0 Å². The number of nitrogens with zero attached hydrogens (tertiary/aromatic N) is 2. The molecule has 4 aliphatic carbocycles. The van der Waals surface area contributed by atoms with Crippen molar-refractivity contribution in [3.8, 4) is 0 Å². The molecule has 3 aromatic rings. The third-order valence-electron chi connectivity index (χ3n) is 7.69. The van der Waals surface area contributed by atoms with E-state index in [1.807, 2.05) is 25.3 Å². The van der Waals surface area contributed by atoms with Gasteiger partial charge in [0.05, 0.1) is 23.6 Å². The Balaban J connectivity index is 1.23. The number of aromatic nitrogens is 2. The predicted molar refractivity (Wildman–Crippen MR) is 124 cm³/mol. The molecule has 4 fully saturated rings. The largest absolute Gasteiger partial charge is 0.378 e. The normalized spacial score (nSPS) is 28.7. The molecule has 2 aromatic heterocycles. The summed E-state index contributed by atoms with van der Waals surface area (Å²) >= 11 is 0. The summed E-state index contributed by atoms with van der Waals surface area (Å²) in [6.07, 6.45) is 10.1. The number of rotatable bonds is 5. The van der Waals surface area contributed by atoms with Gasteiger partial charge in [-0.15, -0.1) is 0 Å². The summed E-state index contributed by atoms with van der Waals surface area (Å²) < 4.78 is 1.61. The minimum atomic E-state index is -0.0366. The molecule has 2 heterocycles. The molecule has 0 unspecified atom stereocenters. The first kappa shape index (κ1) is 18.9. The molecule has 4 saturated carbocycles. The third-order valence-corrected chi connectivity index (χ3v) is 7.69. The van der Waals surface area contributed by atoms with Crippen LogP contribution >= 0.6 is 0 Å². The van der Waals surface area contributed by atoms with E-state index in [0.29, 0.717) is 12.2 Å². The van der Waals surface area contributed by atoms with E-state index in [9.17, 15) is 4.79 Å². The number of hydrogen-bond donors (Lipinski definition) is 2. The molecule has 31 heavy (non-hydrogen) atoms. The van der Waals surface area contributed by atoms with Crippen molar-refractivity contribution in [1.82, 2.24) is 9.38 Å². The first-order valence-corrected chi connectivity index (χ1v) is 11.7. The summed E-state index contributed by atoms with van der Waals surface area (Å²) in [5.74, 6) is 2.74. The van der Waals surface area contributed by atoms with Crippen molar-refractivity contribution in [2.45, 2.75) is 57.5 Å². The fourth-order valence-electron chi connectivity index (χ4n) is 6.83. The standard InChI is InChI=1S/C26H30N4O/c1-17-6-7-24-28-21(11-25(31)30(24)16-17)15-27-22-4-2-3-5-23(22)29-26-12-18-8-19(13-26)10-20(9-18)14-26/h2-7,11,16,18-20,27,29H,8-10,12-15H2,1H3. The molecular weight excluding hydrogens is 384 g/mol. The highest BCUT2D eigenvalue weighted by atomic mass is 16.1. The first-order chi connectivity index (χ1) is 15.1. The van der Waals surface area contributed by atoms with Gasteiger partial charge in [-0.25, -0.2) is 4.98 Å². The van der Waals surface area contributed by atoms with E-state index in [0.717, 1.165) is 34.7 Å². The van der Waals surface area contributed by atoms with Gasteiger partial charge in [-0.2, -0.15) is 0 Å². The molecule has 4 aliphatic rings. The molecule has 5 nitrogen and oxygen atoms in total. The molecule has 0 radical (unpaired) electrons. The molecule has 0 saturated heterocycles. The van der Waals surface area contributed by atoms with Crippen LogP contribution in [0.5, 0.6) is 0 Å². The maximum atomic E-state index is 12.5. The molecule has 7 rings (SSSR count). The highest BCUT2D eigenvalue weighted by Gasteiger charge is 2.51. The van der Waals surface area contributed by atoms with Crippen molar-refractivity contribution in [3.63, 3.8) is 0 Å². The third kappa shape index (κ3) is 3.50. The van der Waals surface area contributed by atoms with Gasteiger partial charge in [0.25, 0.3) is 5.56 Å². The quantitative estimate of drug-likeness (QED) is 0.617. The van der Waals surface area contributed by atoms with Crippen molar-refractivity contribution < 1.29 is 0 Å². The van der Waals surface area contributed by atoms with Gasteiger partial charge in [0.2, 0.25) is 0 Å². The van der Waals surface area contributed by atoms with Crippen molar-refractivity contribution in [1.29, 1.82) is 0 Å². The molecule has 1 aromatic carbocycles. The Morgan fingerprint density at radius 3 is 2.39 bits per heavy atom. The second-order valence-corrected chi connectivity index (χ2v) is 10.2. The Hall–Kier alpha value is -2.82. The Labute approximate surface area is 182 Å². The second kappa shape index (κ2) is 7.11. The SMILES string of the molecule is Cc1ccc2nc(CNc3ccccc3NC34CC5CC(CC(C5)C3)C4)cc(=O)n2c1. The Bertz CT molecular complexity index is 1160. The number of hydrogen-bond acceptors (Lipinski definition) is 4. The smallest absolute Gasteiger partial charge is 0.258 e. The zero-order valence-electron chi connectivity index (χ0n) is 18.1. The highest BCUT2D eigenvalue weighted by Crippen LogP contribution is 2.56. The first-order valence-electron chi connectivity index (χ1n) is 11.7. The Morgan fingerprint density at radius 1 is 1.00 bits per heavy atom. The highest BCUT2D eigenvalue weighted by molar-refractivity contribution is 5.69. The summed E-state index contributed by atoms with van der Waals surface area (Å²) in [6, 6.07) is 14.0. The number of para-hydroxylation sites is 2. The number of aryl methyl sites for hydroxylation is 1. The van der Waals surface area contributed by atoms with E-state index in [1.165, 1.54) is 44.2 Å². The summed E-state index contributed by atoms with van der Waals surface area (Å²) in [4.78, 5) is 17.2. The number of benzene rings is 1. The molecule has 4 bridgehead atoms. The molecule has 160 valence electrons. The summed E-state index contributed by atoms with van der Waals surface area (Å²) in [7, 11) is 0. The molecular formula is C26H30N4O. The lowest BCUT2D eigenvalue weighted by Crippen LogP contribution is -2.54. The molecule has 0 atom stereocenters. The van der Waals surface area contributed by atoms with Crippen LogP contribution < -0.4 is 16.2 Å². The number of pyridine rings is 1. The van der Waals surface area contributed by atoms with Crippen LogP contribution in [0.4, 0.5) is 11.4 Å². The lowest BCUT2D eigenvalue weighted by molar-refractivity contribution is 0.0107. The summed E-state index contributed by atoms with van der Waals surface area (Å²) in [5.41, 5.74) is 5.00. The fourth-order valence-corrected chi connectivity index (χ4v) is 6.83. The zero-order chi connectivity index (χ0) is 21.0. The van der Waals surface area contributed by atoms with E-state index in [-0.39, 0.29) is 11.1 Å². The Morgan fingerprint density at radius 2 is 1.68 bits per heavy atom. The van der Waals surface area contributed by atoms with Crippen LogP contribution in [-0.2, 0) is 6.54 Å². The fraction of sp³-hybridized carbons (Fsp3) is 0.462. The van der Waals surface area contributed by atoms with Crippen molar-refractivity contribution in [2.24, 2.45) is 17.8 Å². The molecule has 0 amide bonds. The van der Waals surface area contributed by atoms with Crippen LogP contribution in [-0.4, -0.2) is 14.9 Å². The molecule has 2 N–H and O–H groups in total. The van der Waals surface area contributed by atoms with Gasteiger partial charge >= 0.3 is 0 Å². The number of anilines is 2. The van der Waals surface area contributed by atoms with Crippen LogP contribution in [0, 0.1) is 24.7 Å². The van der Waals surface area contributed by atoms with Crippen molar-refractivity contribution in [2.75, 3.05) is 10.6 Å². The predicted octanol–water partition coefficient (Wildman–Crippen LogP) is 5.00. The van der Waals surface area contributed by atoms with Crippen molar-refractivity contribution >= 4 is 17.0 Å². The Kier molecular flexibility index (Phi) is 4.34. The molecule has 5 heteroatoms. The maximum absolute atomic E-state index is 12.5. The van der Waals surface area contributed by atoms with Gasteiger partial charge in [-0.3, -0.25) is 9.20 Å². The van der Waals surface area contributed by atoms with E-state index in [4.69, 9.17) is 0 Å². The monoisotopic (exact) mass is 414 g/mol. The molecule has 0 spiro atoms. The lowest BCUT2D eigenvalue weighted by Gasteiger charge is -2.57. The molecule has 0 aliphatic heterocycles. The minimum Gasteiger partial charge on any atom is -0.378 e. The van der Waals surface area contributed by atoms with Gasteiger partial charge in [0.1, 0.15) is 5.65 Å².